The van der Waals surface area contributed by atoms with Crippen LogP contribution in [0.4, 0.5) is 0 Å². The molecule has 0 saturated heterocycles. The third-order valence-electron chi connectivity index (χ3n) is 11.4. The highest BCUT2D eigenvalue weighted by atomic mass is 16.5. The third kappa shape index (κ3) is 5.37. The second-order valence-electron chi connectivity index (χ2n) is 15.4. The highest BCUT2D eigenvalue weighted by Crippen LogP contribution is 2.43. The van der Waals surface area contributed by atoms with Gasteiger partial charge in [-0.1, -0.05) is 104 Å². The molecule has 1 aliphatic rings. The van der Waals surface area contributed by atoms with Crippen LogP contribution < -0.4 is 0 Å². The Labute approximate surface area is 321 Å². The molecule has 0 amide bonds. The van der Waals surface area contributed by atoms with Gasteiger partial charge in [-0.15, -0.1) is 0 Å². The monoisotopic (exact) mass is 714 g/mol. The molecule has 4 heterocycles. The molecular formula is C50H42N4O. The molecule has 0 saturated carbocycles. The number of rotatable bonds is 6. The van der Waals surface area contributed by atoms with E-state index in [9.17, 15) is 0 Å². The quantitative estimate of drug-likeness (QED) is 0.172. The molecule has 6 aromatic carbocycles. The molecule has 2 atom stereocenters. The minimum atomic E-state index is -0.224. The van der Waals surface area contributed by atoms with Crippen LogP contribution in [0.25, 0.3) is 55.1 Å². The molecule has 10 rings (SSSR count). The molecule has 0 spiro atoms. The minimum absolute atomic E-state index is 0.155. The summed E-state index contributed by atoms with van der Waals surface area (Å²) in [6, 6.07) is 50.2. The lowest BCUT2D eigenvalue weighted by molar-refractivity contribution is 0.197. The van der Waals surface area contributed by atoms with E-state index in [0.717, 1.165) is 61.2 Å². The van der Waals surface area contributed by atoms with Crippen molar-refractivity contribution in [2.45, 2.75) is 52.7 Å². The number of pyridine rings is 1. The van der Waals surface area contributed by atoms with E-state index in [0.29, 0.717) is 11.8 Å². The van der Waals surface area contributed by atoms with Crippen LogP contribution in [0.5, 0.6) is 0 Å². The van der Waals surface area contributed by atoms with Crippen molar-refractivity contribution in [1.82, 2.24) is 14.1 Å². The van der Waals surface area contributed by atoms with Crippen molar-refractivity contribution >= 4 is 49.6 Å². The first-order valence-electron chi connectivity index (χ1n) is 19.2. The molecule has 0 N–H and O–H groups in total. The van der Waals surface area contributed by atoms with E-state index in [1.54, 1.807) is 0 Å². The zero-order chi connectivity index (χ0) is 37.4. The Morgan fingerprint density at radius 2 is 1.31 bits per heavy atom. The molecule has 9 aromatic rings. The lowest BCUT2D eigenvalue weighted by Crippen LogP contribution is -2.11. The third-order valence-corrected chi connectivity index (χ3v) is 11.4. The first-order chi connectivity index (χ1) is 26.8. The van der Waals surface area contributed by atoms with Crippen molar-refractivity contribution in [3.8, 4) is 11.4 Å². The summed E-state index contributed by atoms with van der Waals surface area (Å²) in [5.74, 6) is 1.11. The Hall–Kier alpha value is -6.46. The van der Waals surface area contributed by atoms with Gasteiger partial charge in [0.25, 0.3) is 0 Å². The summed E-state index contributed by atoms with van der Waals surface area (Å²) >= 11 is 0. The van der Waals surface area contributed by atoms with Crippen LogP contribution in [-0.4, -0.2) is 20.0 Å². The predicted octanol–water partition coefficient (Wildman–Crippen LogP) is 12.6. The minimum Gasteiger partial charge on any atom is -0.467 e. The van der Waals surface area contributed by atoms with Gasteiger partial charge in [0.2, 0.25) is 5.90 Å². The number of benzene rings is 6. The molecule has 0 unspecified atom stereocenters. The van der Waals surface area contributed by atoms with E-state index in [1.807, 2.05) is 18.3 Å². The Morgan fingerprint density at radius 1 is 0.582 bits per heavy atom. The number of fused-ring (bicyclic) bond motifs is 6. The van der Waals surface area contributed by atoms with Gasteiger partial charge in [0, 0.05) is 44.7 Å². The molecule has 1 aliphatic heterocycles. The van der Waals surface area contributed by atoms with Crippen molar-refractivity contribution in [3.05, 3.63) is 185 Å². The number of aliphatic imine (C=N–C) groups is 1. The van der Waals surface area contributed by atoms with E-state index < -0.39 is 0 Å². The first kappa shape index (κ1) is 33.1. The van der Waals surface area contributed by atoms with Crippen molar-refractivity contribution in [3.63, 3.8) is 0 Å². The summed E-state index contributed by atoms with van der Waals surface area (Å²) in [4.78, 5) is 10.3. The van der Waals surface area contributed by atoms with Crippen LogP contribution in [0.1, 0.15) is 70.9 Å². The number of aromatic nitrogens is 3. The second kappa shape index (κ2) is 12.8. The molecule has 5 heteroatoms. The van der Waals surface area contributed by atoms with Gasteiger partial charge < -0.3 is 9.30 Å². The van der Waals surface area contributed by atoms with Gasteiger partial charge in [-0.3, -0.25) is 4.57 Å². The van der Waals surface area contributed by atoms with Gasteiger partial charge in [0.05, 0.1) is 16.6 Å². The van der Waals surface area contributed by atoms with E-state index >= 15 is 0 Å². The lowest BCUT2D eigenvalue weighted by atomic mass is 9.97. The van der Waals surface area contributed by atoms with Crippen LogP contribution in [0, 0.1) is 20.8 Å². The number of hydrogen-bond acceptors (Lipinski definition) is 3. The highest BCUT2D eigenvalue weighted by molar-refractivity contribution is 6.12. The van der Waals surface area contributed by atoms with E-state index in [1.165, 1.54) is 32.8 Å². The standard InChI is InChI=1S/C50H42N4O/c1-30(2)36-19-23-43-42(27-36)39-17-12-24-51-49(39)53(43)37-20-21-38-41-25-31(3)18-22-44(41)54(46(38)28-37)45-29-40(32(4)26-33(45)5)50-52-47(34-13-8-6-9-14-34)48(55-50)35-15-10-7-11-16-35/h6-30,47-48H,1-5H3/t47-,48-/m1/s1. The summed E-state index contributed by atoms with van der Waals surface area (Å²) in [6.45, 7) is 11.0. The number of hydrogen-bond donors (Lipinski definition) is 0. The Kier molecular flexibility index (Phi) is 7.74. The van der Waals surface area contributed by atoms with E-state index in [4.69, 9.17) is 14.7 Å². The van der Waals surface area contributed by atoms with Crippen molar-refractivity contribution in [1.29, 1.82) is 0 Å². The molecule has 0 radical (unpaired) electrons. The molecular weight excluding hydrogens is 673 g/mol. The molecule has 5 nitrogen and oxygen atoms in total. The van der Waals surface area contributed by atoms with Crippen molar-refractivity contribution < 1.29 is 4.74 Å². The van der Waals surface area contributed by atoms with Crippen LogP contribution >= 0.6 is 0 Å². The number of nitrogens with zero attached hydrogens (tertiary/aromatic N) is 4. The normalized spacial score (nSPS) is 15.8. The molecule has 3 aromatic heterocycles. The Morgan fingerprint density at radius 3 is 2.09 bits per heavy atom. The predicted molar refractivity (Wildman–Crippen MR) is 227 cm³/mol. The molecule has 55 heavy (non-hydrogen) atoms. The van der Waals surface area contributed by atoms with Crippen LogP contribution in [0.2, 0.25) is 0 Å². The fraction of sp³-hybridized carbons (Fsp3) is 0.160. The van der Waals surface area contributed by atoms with Gasteiger partial charge in [0.1, 0.15) is 11.7 Å². The summed E-state index contributed by atoms with van der Waals surface area (Å²) < 4.78 is 11.6. The molecule has 0 bridgehead atoms. The van der Waals surface area contributed by atoms with E-state index in [2.05, 4.69) is 171 Å². The van der Waals surface area contributed by atoms with Gasteiger partial charge in [0.15, 0.2) is 6.10 Å². The Balaban J connectivity index is 1.18. The van der Waals surface area contributed by atoms with E-state index in [-0.39, 0.29) is 12.1 Å². The first-order valence-corrected chi connectivity index (χ1v) is 19.2. The van der Waals surface area contributed by atoms with Crippen LogP contribution in [-0.2, 0) is 4.74 Å². The fourth-order valence-corrected chi connectivity index (χ4v) is 8.65. The van der Waals surface area contributed by atoms with Crippen molar-refractivity contribution in [2.24, 2.45) is 4.99 Å². The summed E-state index contributed by atoms with van der Waals surface area (Å²) in [5, 5.41) is 4.83. The maximum atomic E-state index is 6.89. The topological polar surface area (TPSA) is 44.3 Å². The summed E-state index contributed by atoms with van der Waals surface area (Å²) in [6.07, 6.45) is 1.67. The zero-order valence-corrected chi connectivity index (χ0v) is 31.8. The average molecular weight is 715 g/mol. The smallest absolute Gasteiger partial charge is 0.217 e. The van der Waals surface area contributed by atoms with Gasteiger partial charge in [-0.25, -0.2) is 9.98 Å². The van der Waals surface area contributed by atoms with Crippen molar-refractivity contribution in [2.75, 3.05) is 0 Å². The maximum absolute atomic E-state index is 6.89. The largest absolute Gasteiger partial charge is 0.467 e. The van der Waals surface area contributed by atoms with Gasteiger partial charge in [-0.05, 0) is 109 Å². The summed E-state index contributed by atoms with van der Waals surface area (Å²) in [7, 11) is 0. The zero-order valence-electron chi connectivity index (χ0n) is 31.8. The lowest BCUT2D eigenvalue weighted by Gasteiger charge is -2.19. The van der Waals surface area contributed by atoms with Crippen LogP contribution in [0.15, 0.2) is 151 Å². The molecule has 268 valence electrons. The van der Waals surface area contributed by atoms with Gasteiger partial charge >= 0.3 is 0 Å². The number of ether oxygens (including phenoxy) is 1. The average Bonchev–Trinajstić information content (AvgIpc) is 3.89. The number of aryl methyl sites for hydroxylation is 3. The van der Waals surface area contributed by atoms with Gasteiger partial charge in [-0.2, -0.15) is 0 Å². The SMILES string of the molecule is Cc1ccc2c(c1)c1ccc(-n3c4ccc(C(C)C)cc4c4cccnc43)cc1n2-c1cc(C2=N[C@H](c3ccccc3)[C@@H](c3ccccc3)O2)c(C)cc1C. The molecule has 0 aliphatic carbocycles. The molecule has 0 fully saturated rings. The highest BCUT2D eigenvalue weighted by Gasteiger charge is 2.35. The second-order valence-corrected chi connectivity index (χ2v) is 15.4. The summed E-state index contributed by atoms with van der Waals surface area (Å²) in [5.41, 5.74) is 14.7. The Bertz CT molecular complexity index is 2970. The maximum Gasteiger partial charge on any atom is 0.217 e. The van der Waals surface area contributed by atoms with Crippen LogP contribution in [0.3, 0.4) is 0 Å². The fourth-order valence-electron chi connectivity index (χ4n) is 8.65.